The molecule has 1 aromatic carbocycles. The van der Waals surface area contributed by atoms with Gasteiger partial charge in [0.15, 0.2) is 0 Å². The lowest BCUT2D eigenvalue weighted by Gasteiger charge is -2.15. The van der Waals surface area contributed by atoms with Crippen LogP contribution in [0.4, 0.5) is 0 Å². The second-order valence-electron chi connectivity index (χ2n) is 5.28. The van der Waals surface area contributed by atoms with Crippen molar-refractivity contribution in [3.05, 3.63) is 34.4 Å². The zero-order valence-corrected chi connectivity index (χ0v) is 14.1. The molecular weight excluding hydrogens is 336 g/mol. The van der Waals surface area contributed by atoms with Crippen molar-refractivity contribution in [1.82, 2.24) is 0 Å². The zero-order valence-electron chi connectivity index (χ0n) is 13.2. The van der Waals surface area contributed by atoms with Crippen LogP contribution in [0.5, 0.6) is 11.5 Å². The molecule has 2 rings (SSSR count). The average molecular weight is 354 g/mol. The van der Waals surface area contributed by atoms with Gasteiger partial charge in [0.25, 0.3) is 0 Å². The van der Waals surface area contributed by atoms with E-state index in [1.54, 1.807) is 13.0 Å². The number of fused-ring (bicyclic) bond motifs is 1. The lowest BCUT2D eigenvalue weighted by Crippen LogP contribution is -2.10. The number of methoxy groups -OCH3 is 1. The van der Waals surface area contributed by atoms with Crippen molar-refractivity contribution in [2.75, 3.05) is 7.11 Å². The van der Waals surface area contributed by atoms with Crippen LogP contribution in [0.15, 0.2) is 12.2 Å². The molecule has 0 radical (unpaired) electrons. The predicted molar refractivity (Wildman–Crippen MR) is 87.1 cm³/mol. The highest BCUT2D eigenvalue weighted by Crippen LogP contribution is 2.41. The SMILES string of the molecule is COc1c(C)c2c(c(O)c1C/C=C/C(O)CC(=O)OS)C(=O)OC2. The van der Waals surface area contributed by atoms with Crippen LogP contribution >= 0.6 is 12.9 Å². The molecule has 2 N–H and O–H groups in total. The molecule has 130 valence electrons. The highest BCUT2D eigenvalue weighted by atomic mass is 32.1. The van der Waals surface area contributed by atoms with Crippen LogP contribution in [0.3, 0.4) is 0 Å². The number of ether oxygens (including phenoxy) is 2. The molecule has 0 amide bonds. The van der Waals surface area contributed by atoms with Crippen molar-refractivity contribution in [3.8, 4) is 11.5 Å². The molecule has 1 unspecified atom stereocenters. The number of aromatic hydroxyl groups is 1. The maximum atomic E-state index is 11.8. The number of hydrogen-bond donors (Lipinski definition) is 3. The molecule has 24 heavy (non-hydrogen) atoms. The lowest BCUT2D eigenvalue weighted by molar-refractivity contribution is -0.134. The second kappa shape index (κ2) is 7.59. The molecule has 8 heteroatoms. The molecular formula is C16H18O7S. The van der Waals surface area contributed by atoms with Gasteiger partial charge in [-0.1, -0.05) is 12.2 Å². The van der Waals surface area contributed by atoms with E-state index in [1.807, 2.05) is 0 Å². The maximum absolute atomic E-state index is 11.8. The highest BCUT2D eigenvalue weighted by Gasteiger charge is 2.31. The van der Waals surface area contributed by atoms with E-state index in [0.717, 1.165) is 5.56 Å². The van der Waals surface area contributed by atoms with Crippen LogP contribution in [0.2, 0.25) is 0 Å². The van der Waals surface area contributed by atoms with Crippen molar-refractivity contribution in [2.24, 2.45) is 0 Å². The molecule has 0 aromatic heterocycles. The number of rotatable bonds is 6. The molecule has 0 fully saturated rings. The Balaban J connectivity index is 2.27. The van der Waals surface area contributed by atoms with Gasteiger partial charge in [0.1, 0.15) is 23.7 Å². The van der Waals surface area contributed by atoms with E-state index in [-0.39, 0.29) is 30.8 Å². The van der Waals surface area contributed by atoms with Gasteiger partial charge in [-0.15, -0.1) is 0 Å². The Hall–Kier alpha value is -2.19. The van der Waals surface area contributed by atoms with Gasteiger partial charge in [-0.2, -0.15) is 0 Å². The first kappa shape index (κ1) is 18.2. The average Bonchev–Trinajstić information content (AvgIpc) is 2.94. The summed E-state index contributed by atoms with van der Waals surface area (Å²) in [5.41, 5.74) is 1.89. The Morgan fingerprint density at radius 2 is 2.21 bits per heavy atom. The van der Waals surface area contributed by atoms with Gasteiger partial charge in [0.2, 0.25) is 0 Å². The van der Waals surface area contributed by atoms with E-state index in [9.17, 15) is 19.8 Å². The lowest BCUT2D eigenvalue weighted by atomic mass is 9.95. The van der Waals surface area contributed by atoms with E-state index in [2.05, 4.69) is 17.1 Å². The summed E-state index contributed by atoms with van der Waals surface area (Å²) in [5.74, 6) is -0.968. The van der Waals surface area contributed by atoms with Crippen LogP contribution in [-0.2, 0) is 26.7 Å². The molecule has 1 aliphatic rings. The molecule has 0 saturated carbocycles. The molecule has 0 saturated heterocycles. The van der Waals surface area contributed by atoms with Crippen molar-refractivity contribution in [3.63, 3.8) is 0 Å². The molecule has 0 bridgehead atoms. The van der Waals surface area contributed by atoms with Crippen LogP contribution in [-0.4, -0.2) is 35.4 Å². The fourth-order valence-corrected chi connectivity index (χ4v) is 2.72. The number of phenolic OH excluding ortho intramolecular Hbond substituents is 1. The Labute approximate surface area is 144 Å². The smallest absolute Gasteiger partial charge is 0.342 e. The van der Waals surface area contributed by atoms with Gasteiger partial charge in [-0.3, -0.25) is 4.79 Å². The molecule has 1 aliphatic heterocycles. The van der Waals surface area contributed by atoms with E-state index in [4.69, 9.17) is 9.47 Å². The Morgan fingerprint density at radius 1 is 1.50 bits per heavy atom. The monoisotopic (exact) mass is 354 g/mol. The van der Waals surface area contributed by atoms with Crippen LogP contribution in [0.25, 0.3) is 0 Å². The van der Waals surface area contributed by atoms with Crippen molar-refractivity contribution in [1.29, 1.82) is 0 Å². The van der Waals surface area contributed by atoms with E-state index < -0.39 is 18.0 Å². The summed E-state index contributed by atoms with van der Waals surface area (Å²) in [6.07, 6.45) is 1.88. The Morgan fingerprint density at radius 3 is 2.83 bits per heavy atom. The number of aliphatic hydroxyl groups excluding tert-OH is 1. The van der Waals surface area contributed by atoms with Gasteiger partial charge >= 0.3 is 11.9 Å². The summed E-state index contributed by atoms with van der Waals surface area (Å²) < 4.78 is 14.5. The number of phenols is 1. The number of aliphatic hydroxyl groups is 1. The Kier molecular flexibility index (Phi) is 5.74. The zero-order chi connectivity index (χ0) is 17.9. The summed E-state index contributed by atoms with van der Waals surface area (Å²) in [7, 11) is 1.47. The minimum atomic E-state index is -1.04. The number of cyclic esters (lactones) is 1. The van der Waals surface area contributed by atoms with Crippen LogP contribution in [0.1, 0.15) is 33.5 Å². The number of esters is 1. The fourth-order valence-electron chi connectivity index (χ4n) is 2.65. The number of carbonyl (C=O) groups is 2. The molecule has 1 atom stereocenters. The first-order valence-electron chi connectivity index (χ1n) is 7.18. The third-order valence-corrected chi connectivity index (χ3v) is 4.01. The predicted octanol–water partition coefficient (Wildman–Crippen LogP) is 1.62. The van der Waals surface area contributed by atoms with E-state index in [1.165, 1.54) is 13.2 Å². The van der Waals surface area contributed by atoms with Crippen molar-refractivity contribution in [2.45, 2.75) is 32.5 Å². The molecule has 1 aromatic rings. The summed E-state index contributed by atoms with van der Waals surface area (Å²) in [5, 5.41) is 20.1. The third-order valence-electron chi connectivity index (χ3n) is 3.81. The molecule has 1 heterocycles. The van der Waals surface area contributed by atoms with Gasteiger partial charge in [-0.25, -0.2) is 4.79 Å². The van der Waals surface area contributed by atoms with Gasteiger partial charge < -0.3 is 23.9 Å². The number of hydrogen-bond acceptors (Lipinski definition) is 8. The van der Waals surface area contributed by atoms with Crippen LogP contribution < -0.4 is 4.74 Å². The van der Waals surface area contributed by atoms with Gasteiger partial charge in [-0.05, 0) is 18.9 Å². The van der Waals surface area contributed by atoms with Crippen LogP contribution in [0, 0.1) is 6.92 Å². The molecule has 0 spiro atoms. The highest BCUT2D eigenvalue weighted by molar-refractivity contribution is 7.75. The first-order valence-corrected chi connectivity index (χ1v) is 7.54. The number of allylic oxidation sites excluding steroid dienone is 1. The van der Waals surface area contributed by atoms with Crippen molar-refractivity contribution >= 4 is 24.8 Å². The van der Waals surface area contributed by atoms with Gasteiger partial charge in [0, 0.05) is 24.0 Å². The van der Waals surface area contributed by atoms with E-state index >= 15 is 0 Å². The second-order valence-corrected chi connectivity index (χ2v) is 5.46. The minimum absolute atomic E-state index is 0.102. The number of carbonyl (C=O) groups excluding carboxylic acids is 2. The van der Waals surface area contributed by atoms with E-state index in [0.29, 0.717) is 16.9 Å². The number of benzene rings is 1. The number of thiol groups is 1. The summed E-state index contributed by atoms with van der Waals surface area (Å²) in [6, 6.07) is 0. The Bertz CT molecular complexity index is 696. The molecule has 0 aliphatic carbocycles. The first-order chi connectivity index (χ1) is 11.4. The third kappa shape index (κ3) is 3.49. The summed E-state index contributed by atoms with van der Waals surface area (Å²) >= 11 is 3.36. The summed E-state index contributed by atoms with van der Waals surface area (Å²) in [6.45, 7) is 1.88. The fraction of sp³-hybridized carbons (Fsp3) is 0.375. The minimum Gasteiger partial charge on any atom is -0.507 e. The molecule has 7 nitrogen and oxygen atoms in total. The summed E-state index contributed by atoms with van der Waals surface area (Å²) in [4.78, 5) is 22.8. The van der Waals surface area contributed by atoms with Crippen molar-refractivity contribution < 1.29 is 33.5 Å². The quantitative estimate of drug-likeness (QED) is 0.309. The largest absolute Gasteiger partial charge is 0.507 e. The standard InChI is InChI=1S/C16H18O7S/c1-8-11-7-22-16(20)13(11)14(19)10(15(8)21-2)5-3-4-9(17)6-12(18)23-24/h3-4,9,17,19,24H,5-7H2,1-2H3/b4-3+. The maximum Gasteiger partial charge on any atom is 0.342 e. The normalized spacial score (nSPS) is 14.4. The van der Waals surface area contributed by atoms with Gasteiger partial charge in [0.05, 0.1) is 19.6 Å². The topological polar surface area (TPSA) is 102 Å².